The summed E-state index contributed by atoms with van der Waals surface area (Å²) in [5.74, 6) is -0.124. The molecule has 0 unspecified atom stereocenters. The first kappa shape index (κ1) is 12.5. The van der Waals surface area contributed by atoms with Crippen LogP contribution in [-0.2, 0) is 11.3 Å². The van der Waals surface area contributed by atoms with E-state index >= 15 is 0 Å². The van der Waals surface area contributed by atoms with Crippen molar-refractivity contribution in [2.75, 3.05) is 26.7 Å². The van der Waals surface area contributed by atoms with E-state index in [9.17, 15) is 9.18 Å². The van der Waals surface area contributed by atoms with Crippen LogP contribution >= 0.6 is 15.9 Å². The standard InChI is InChI=1S/C12H14BrFN2O/c1-15-4-5-16(8-12(15)17)7-9-2-3-11(14)10(13)6-9/h2-3,6H,4-5,7-8H2,1H3. The Kier molecular flexibility index (Phi) is 3.79. The summed E-state index contributed by atoms with van der Waals surface area (Å²) in [7, 11) is 1.81. The molecule has 0 spiro atoms. The average molecular weight is 301 g/mol. The second kappa shape index (κ2) is 5.14. The highest BCUT2D eigenvalue weighted by atomic mass is 79.9. The van der Waals surface area contributed by atoms with Crippen LogP contribution in [-0.4, -0.2) is 42.4 Å². The predicted octanol–water partition coefficient (Wildman–Crippen LogP) is 1.86. The number of halogens is 2. The summed E-state index contributed by atoms with van der Waals surface area (Å²) in [5, 5.41) is 0. The number of benzene rings is 1. The van der Waals surface area contributed by atoms with Crippen LogP contribution in [0.15, 0.2) is 22.7 Å². The van der Waals surface area contributed by atoms with Crippen molar-refractivity contribution < 1.29 is 9.18 Å². The highest BCUT2D eigenvalue weighted by molar-refractivity contribution is 9.10. The molecule has 0 atom stereocenters. The molecule has 1 aliphatic rings. The molecule has 17 heavy (non-hydrogen) atoms. The van der Waals surface area contributed by atoms with Crippen molar-refractivity contribution in [2.45, 2.75) is 6.54 Å². The maximum Gasteiger partial charge on any atom is 0.236 e. The third-order valence-electron chi connectivity index (χ3n) is 2.93. The van der Waals surface area contributed by atoms with Gasteiger partial charge in [0, 0.05) is 26.7 Å². The van der Waals surface area contributed by atoms with E-state index in [2.05, 4.69) is 20.8 Å². The van der Waals surface area contributed by atoms with Crippen molar-refractivity contribution in [1.29, 1.82) is 0 Å². The van der Waals surface area contributed by atoms with Gasteiger partial charge in [0.15, 0.2) is 0 Å². The van der Waals surface area contributed by atoms with E-state index in [1.807, 2.05) is 7.05 Å². The fraction of sp³-hybridized carbons (Fsp3) is 0.417. The van der Waals surface area contributed by atoms with E-state index in [1.54, 1.807) is 17.0 Å². The van der Waals surface area contributed by atoms with Gasteiger partial charge in [-0.15, -0.1) is 0 Å². The van der Waals surface area contributed by atoms with Gasteiger partial charge in [-0.1, -0.05) is 6.07 Å². The van der Waals surface area contributed by atoms with Gasteiger partial charge in [0.25, 0.3) is 0 Å². The van der Waals surface area contributed by atoms with E-state index in [0.29, 0.717) is 17.6 Å². The molecule has 1 aromatic carbocycles. The second-order valence-electron chi connectivity index (χ2n) is 4.27. The highest BCUT2D eigenvalue weighted by Crippen LogP contribution is 2.18. The molecule has 1 amide bonds. The SMILES string of the molecule is CN1CCN(Cc2ccc(F)c(Br)c2)CC1=O. The number of nitrogens with zero attached hydrogens (tertiary/aromatic N) is 2. The van der Waals surface area contributed by atoms with Crippen LogP contribution in [0, 0.1) is 5.82 Å². The van der Waals surface area contributed by atoms with Crippen molar-refractivity contribution in [3.63, 3.8) is 0 Å². The lowest BCUT2D eigenvalue weighted by atomic mass is 10.2. The molecule has 0 saturated carbocycles. The van der Waals surface area contributed by atoms with Crippen LogP contribution in [0.5, 0.6) is 0 Å². The summed E-state index contributed by atoms with van der Waals surface area (Å²) in [5.41, 5.74) is 1.01. The summed E-state index contributed by atoms with van der Waals surface area (Å²) in [4.78, 5) is 15.3. The molecule has 1 aromatic rings. The number of carbonyl (C=O) groups is 1. The summed E-state index contributed by atoms with van der Waals surface area (Å²) in [6.45, 7) is 2.72. The molecule has 0 aliphatic carbocycles. The first-order chi connectivity index (χ1) is 8.06. The van der Waals surface area contributed by atoms with Crippen LogP contribution in [0.3, 0.4) is 0 Å². The van der Waals surface area contributed by atoms with Crippen molar-refractivity contribution in [3.05, 3.63) is 34.1 Å². The quantitative estimate of drug-likeness (QED) is 0.832. The molecule has 92 valence electrons. The molecule has 1 fully saturated rings. The van der Waals surface area contributed by atoms with E-state index in [-0.39, 0.29) is 11.7 Å². The molecule has 0 aromatic heterocycles. The van der Waals surface area contributed by atoms with Crippen LogP contribution in [0.4, 0.5) is 4.39 Å². The van der Waals surface area contributed by atoms with Gasteiger partial charge in [-0.25, -0.2) is 4.39 Å². The number of piperazine rings is 1. The van der Waals surface area contributed by atoms with Crippen LogP contribution in [0.1, 0.15) is 5.56 Å². The van der Waals surface area contributed by atoms with Crippen LogP contribution < -0.4 is 0 Å². The monoisotopic (exact) mass is 300 g/mol. The van der Waals surface area contributed by atoms with Crippen LogP contribution in [0.25, 0.3) is 0 Å². The first-order valence-corrected chi connectivity index (χ1v) is 6.26. The lowest BCUT2D eigenvalue weighted by Crippen LogP contribution is -2.47. The fourth-order valence-electron chi connectivity index (χ4n) is 1.84. The highest BCUT2D eigenvalue weighted by Gasteiger charge is 2.20. The van der Waals surface area contributed by atoms with Gasteiger partial charge in [0.2, 0.25) is 5.91 Å². The van der Waals surface area contributed by atoms with Gasteiger partial charge >= 0.3 is 0 Å². The Morgan fingerprint density at radius 3 is 2.82 bits per heavy atom. The minimum Gasteiger partial charge on any atom is -0.343 e. The zero-order chi connectivity index (χ0) is 12.4. The molecule has 1 aliphatic heterocycles. The second-order valence-corrected chi connectivity index (χ2v) is 5.13. The Balaban J connectivity index is 2.01. The number of carbonyl (C=O) groups excluding carboxylic acids is 1. The fourth-order valence-corrected chi connectivity index (χ4v) is 2.26. The van der Waals surface area contributed by atoms with E-state index in [4.69, 9.17) is 0 Å². The molecule has 3 nitrogen and oxygen atoms in total. The third kappa shape index (κ3) is 3.04. The van der Waals surface area contributed by atoms with Crippen molar-refractivity contribution >= 4 is 21.8 Å². The molecule has 0 N–H and O–H groups in total. The summed E-state index contributed by atoms with van der Waals surface area (Å²) in [6.07, 6.45) is 0. The van der Waals surface area contributed by atoms with Gasteiger partial charge < -0.3 is 4.90 Å². The average Bonchev–Trinajstić information content (AvgIpc) is 2.29. The van der Waals surface area contributed by atoms with Crippen molar-refractivity contribution in [1.82, 2.24) is 9.80 Å². The van der Waals surface area contributed by atoms with Gasteiger partial charge in [-0.2, -0.15) is 0 Å². The molecular weight excluding hydrogens is 287 g/mol. The largest absolute Gasteiger partial charge is 0.343 e. The normalized spacial score (nSPS) is 17.6. The zero-order valence-electron chi connectivity index (χ0n) is 9.62. The Labute approximate surface area is 108 Å². The first-order valence-electron chi connectivity index (χ1n) is 5.46. The Morgan fingerprint density at radius 2 is 2.18 bits per heavy atom. The number of hydrogen-bond donors (Lipinski definition) is 0. The number of hydrogen-bond acceptors (Lipinski definition) is 2. The maximum absolute atomic E-state index is 13.1. The summed E-state index contributed by atoms with van der Waals surface area (Å²) < 4.78 is 13.5. The Hall–Kier alpha value is -0.940. The molecular formula is C12H14BrFN2O. The number of rotatable bonds is 2. The summed E-state index contributed by atoms with van der Waals surface area (Å²) >= 11 is 3.16. The van der Waals surface area contributed by atoms with Gasteiger partial charge in [0.05, 0.1) is 11.0 Å². The predicted molar refractivity (Wildman–Crippen MR) is 67.0 cm³/mol. The lowest BCUT2D eigenvalue weighted by molar-refractivity contribution is -0.134. The zero-order valence-corrected chi connectivity index (χ0v) is 11.2. The van der Waals surface area contributed by atoms with Crippen molar-refractivity contribution in [3.8, 4) is 0 Å². The minimum absolute atomic E-state index is 0.137. The topological polar surface area (TPSA) is 23.6 Å². The van der Waals surface area contributed by atoms with Gasteiger partial charge in [-0.05, 0) is 33.6 Å². The molecule has 2 rings (SSSR count). The molecule has 0 radical (unpaired) electrons. The molecule has 0 bridgehead atoms. The molecule has 5 heteroatoms. The van der Waals surface area contributed by atoms with E-state index in [1.165, 1.54) is 6.07 Å². The molecule has 1 heterocycles. The summed E-state index contributed by atoms with van der Waals surface area (Å²) in [6, 6.07) is 4.96. The van der Waals surface area contributed by atoms with Gasteiger partial charge in [0.1, 0.15) is 5.82 Å². The minimum atomic E-state index is -0.261. The molecule has 1 saturated heterocycles. The Bertz CT molecular complexity index is 439. The van der Waals surface area contributed by atoms with Crippen molar-refractivity contribution in [2.24, 2.45) is 0 Å². The smallest absolute Gasteiger partial charge is 0.236 e. The van der Waals surface area contributed by atoms with Gasteiger partial charge in [-0.3, -0.25) is 9.69 Å². The number of amides is 1. The van der Waals surface area contributed by atoms with Crippen LogP contribution in [0.2, 0.25) is 0 Å². The lowest BCUT2D eigenvalue weighted by Gasteiger charge is -2.31. The Morgan fingerprint density at radius 1 is 1.41 bits per heavy atom. The number of likely N-dealkylation sites (N-methyl/N-ethyl adjacent to an activating group) is 1. The third-order valence-corrected chi connectivity index (χ3v) is 3.53. The van der Waals surface area contributed by atoms with E-state index < -0.39 is 0 Å². The van der Waals surface area contributed by atoms with E-state index in [0.717, 1.165) is 18.7 Å². The maximum atomic E-state index is 13.1.